The SMILES string of the molecule is C[C@H]1C[Si](F)(F)CN1C. The Morgan fingerprint density at radius 1 is 1.56 bits per heavy atom. The standard InChI is InChI=1S/C5H11F2NSi/c1-5-3-9(6,7)4-8(5)2/h5H,3-4H2,1-2H3/t5-/m0/s1. The Hall–Kier alpha value is 0.0369. The molecule has 0 spiro atoms. The quantitative estimate of drug-likeness (QED) is 0.372. The van der Waals surface area contributed by atoms with E-state index in [9.17, 15) is 8.22 Å². The van der Waals surface area contributed by atoms with Crippen molar-refractivity contribution >= 4 is 8.74 Å². The van der Waals surface area contributed by atoms with Crippen LogP contribution in [0.1, 0.15) is 6.92 Å². The molecule has 0 saturated carbocycles. The summed E-state index contributed by atoms with van der Waals surface area (Å²) in [6, 6.07) is 0.260. The summed E-state index contributed by atoms with van der Waals surface area (Å²) in [5.41, 5.74) is 0. The highest BCUT2D eigenvalue weighted by molar-refractivity contribution is 6.67. The van der Waals surface area contributed by atoms with Crippen molar-refractivity contribution in [2.75, 3.05) is 13.2 Å². The van der Waals surface area contributed by atoms with E-state index in [-0.39, 0.29) is 18.3 Å². The van der Waals surface area contributed by atoms with Crippen molar-refractivity contribution in [3.8, 4) is 0 Å². The molecule has 1 atom stereocenters. The van der Waals surface area contributed by atoms with Crippen LogP contribution in [0, 0.1) is 0 Å². The molecule has 1 saturated heterocycles. The first-order chi connectivity index (χ1) is 4.01. The number of hydrogen-bond acceptors (Lipinski definition) is 1. The third-order valence-corrected chi connectivity index (χ3v) is 3.98. The maximum atomic E-state index is 12.5. The molecule has 0 aliphatic carbocycles. The molecular weight excluding hydrogens is 140 g/mol. The van der Waals surface area contributed by atoms with Crippen LogP contribution < -0.4 is 0 Å². The van der Waals surface area contributed by atoms with Gasteiger partial charge in [-0.05, 0) is 14.0 Å². The molecule has 0 amide bonds. The van der Waals surface area contributed by atoms with Gasteiger partial charge in [0, 0.05) is 18.3 Å². The van der Waals surface area contributed by atoms with Crippen molar-refractivity contribution in [1.82, 2.24) is 4.90 Å². The molecule has 9 heavy (non-hydrogen) atoms. The van der Waals surface area contributed by atoms with E-state index in [0.29, 0.717) is 0 Å². The third-order valence-electron chi connectivity index (χ3n) is 1.83. The highest BCUT2D eigenvalue weighted by Crippen LogP contribution is 2.26. The second kappa shape index (κ2) is 2.02. The average Bonchev–Trinajstić information content (AvgIpc) is 1.79. The topological polar surface area (TPSA) is 3.24 Å². The molecule has 1 fully saturated rings. The lowest BCUT2D eigenvalue weighted by Crippen LogP contribution is -2.27. The predicted octanol–water partition coefficient (Wildman–Crippen LogP) is 1.24. The zero-order chi connectivity index (χ0) is 7.07. The molecular formula is C5H11F2NSi. The summed E-state index contributed by atoms with van der Waals surface area (Å²) in [7, 11) is -1.98. The van der Waals surface area contributed by atoms with E-state index < -0.39 is 8.74 Å². The van der Waals surface area contributed by atoms with Gasteiger partial charge in [0.1, 0.15) is 0 Å². The fourth-order valence-corrected chi connectivity index (χ4v) is 3.52. The van der Waals surface area contributed by atoms with E-state index in [1.54, 1.807) is 11.9 Å². The molecule has 0 unspecified atom stereocenters. The van der Waals surface area contributed by atoms with Gasteiger partial charge in [-0.25, -0.2) is 0 Å². The van der Waals surface area contributed by atoms with Gasteiger partial charge in [0.05, 0.1) is 0 Å². The average molecular weight is 151 g/mol. The van der Waals surface area contributed by atoms with Crippen LogP contribution in [0.2, 0.25) is 6.04 Å². The van der Waals surface area contributed by atoms with Gasteiger partial charge >= 0.3 is 8.74 Å². The Balaban J connectivity index is 2.54. The van der Waals surface area contributed by atoms with Crippen LogP contribution in [0.3, 0.4) is 0 Å². The van der Waals surface area contributed by atoms with Crippen molar-refractivity contribution in [3.05, 3.63) is 0 Å². The van der Waals surface area contributed by atoms with Crippen molar-refractivity contribution in [2.45, 2.75) is 19.0 Å². The second-order valence-electron chi connectivity index (χ2n) is 2.82. The van der Waals surface area contributed by atoms with Crippen molar-refractivity contribution in [3.63, 3.8) is 0 Å². The van der Waals surface area contributed by atoms with Crippen LogP contribution in [0.5, 0.6) is 0 Å². The van der Waals surface area contributed by atoms with E-state index in [0.717, 1.165) is 0 Å². The Kier molecular flexibility index (Phi) is 1.60. The predicted molar refractivity (Wildman–Crippen MR) is 34.9 cm³/mol. The minimum absolute atomic E-state index is 0.0637. The van der Waals surface area contributed by atoms with Crippen LogP contribution >= 0.6 is 0 Å². The van der Waals surface area contributed by atoms with Gasteiger partial charge in [-0.1, -0.05) is 0 Å². The fourth-order valence-electron chi connectivity index (χ4n) is 1.17. The lowest BCUT2D eigenvalue weighted by Gasteiger charge is -2.11. The molecule has 0 aromatic carbocycles. The summed E-state index contributed by atoms with van der Waals surface area (Å²) in [4.78, 5) is 1.74. The molecule has 1 rings (SSSR count). The molecule has 0 bridgehead atoms. The molecule has 1 aliphatic heterocycles. The van der Waals surface area contributed by atoms with Crippen LogP contribution in [-0.4, -0.2) is 32.9 Å². The summed E-state index contributed by atoms with van der Waals surface area (Å²) >= 11 is 0. The van der Waals surface area contributed by atoms with E-state index in [1.807, 2.05) is 6.92 Å². The minimum atomic E-state index is -3.74. The maximum Gasteiger partial charge on any atom is 0.439 e. The van der Waals surface area contributed by atoms with Crippen LogP contribution in [-0.2, 0) is 0 Å². The van der Waals surface area contributed by atoms with Gasteiger partial charge in [0.15, 0.2) is 0 Å². The molecule has 0 radical (unpaired) electrons. The largest absolute Gasteiger partial charge is 0.439 e. The number of nitrogens with zero attached hydrogens (tertiary/aromatic N) is 1. The smallest absolute Gasteiger partial charge is 0.301 e. The molecule has 1 nitrogen and oxygen atoms in total. The van der Waals surface area contributed by atoms with Crippen LogP contribution in [0.25, 0.3) is 0 Å². The fraction of sp³-hybridized carbons (Fsp3) is 1.00. The summed E-state index contributed by atoms with van der Waals surface area (Å²) < 4.78 is 25.1. The summed E-state index contributed by atoms with van der Waals surface area (Å²) in [6.45, 7) is 1.86. The van der Waals surface area contributed by atoms with Crippen molar-refractivity contribution < 1.29 is 8.22 Å². The van der Waals surface area contributed by atoms with E-state index in [1.165, 1.54) is 0 Å². The first kappa shape index (κ1) is 7.15. The van der Waals surface area contributed by atoms with E-state index >= 15 is 0 Å². The monoisotopic (exact) mass is 151 g/mol. The van der Waals surface area contributed by atoms with Crippen molar-refractivity contribution in [1.29, 1.82) is 0 Å². The van der Waals surface area contributed by atoms with Gasteiger partial charge in [0.25, 0.3) is 0 Å². The first-order valence-electron chi connectivity index (χ1n) is 3.09. The molecule has 54 valence electrons. The van der Waals surface area contributed by atoms with Crippen LogP contribution in [0.15, 0.2) is 0 Å². The van der Waals surface area contributed by atoms with Crippen LogP contribution in [0.4, 0.5) is 8.22 Å². The Bertz CT molecular complexity index is 106. The highest BCUT2D eigenvalue weighted by Gasteiger charge is 2.45. The van der Waals surface area contributed by atoms with E-state index in [2.05, 4.69) is 0 Å². The molecule has 0 aromatic heterocycles. The number of hydrogen-bond donors (Lipinski definition) is 0. The summed E-state index contributed by atoms with van der Waals surface area (Å²) in [6.07, 6.45) is 0.0637. The number of halogens is 2. The van der Waals surface area contributed by atoms with Gasteiger partial charge in [0.2, 0.25) is 0 Å². The maximum absolute atomic E-state index is 12.5. The Morgan fingerprint density at radius 3 is 2.22 bits per heavy atom. The zero-order valence-corrected chi connectivity index (χ0v) is 6.69. The lowest BCUT2D eigenvalue weighted by atomic mass is 10.4. The molecule has 1 aliphatic rings. The van der Waals surface area contributed by atoms with Gasteiger partial charge in [-0.2, -0.15) is 0 Å². The van der Waals surface area contributed by atoms with Crippen molar-refractivity contribution in [2.24, 2.45) is 0 Å². The third kappa shape index (κ3) is 1.49. The Morgan fingerprint density at radius 2 is 2.11 bits per heavy atom. The molecule has 4 heteroatoms. The molecule has 0 aromatic rings. The zero-order valence-electron chi connectivity index (χ0n) is 5.69. The first-order valence-corrected chi connectivity index (χ1v) is 5.26. The minimum Gasteiger partial charge on any atom is -0.301 e. The summed E-state index contributed by atoms with van der Waals surface area (Å²) in [5.74, 6) is 0. The highest BCUT2D eigenvalue weighted by atomic mass is 28.4. The molecule has 1 heterocycles. The molecule has 0 N–H and O–H groups in total. The Labute approximate surface area is 55.0 Å². The normalized spacial score (nSPS) is 35.3. The van der Waals surface area contributed by atoms with Gasteiger partial charge < -0.3 is 4.90 Å². The van der Waals surface area contributed by atoms with Gasteiger partial charge in [-0.15, -0.1) is 0 Å². The second-order valence-corrected chi connectivity index (χ2v) is 5.26. The number of rotatable bonds is 0. The summed E-state index contributed by atoms with van der Waals surface area (Å²) in [5, 5.41) is 0. The van der Waals surface area contributed by atoms with E-state index in [4.69, 9.17) is 0 Å². The van der Waals surface area contributed by atoms with Gasteiger partial charge in [-0.3, -0.25) is 8.22 Å². The lowest BCUT2D eigenvalue weighted by molar-refractivity contribution is 0.339.